The Morgan fingerprint density at radius 1 is 1.38 bits per heavy atom. The largest absolute Gasteiger partial charge is 0.357 e. The minimum absolute atomic E-state index is 0. The van der Waals surface area contributed by atoms with Crippen LogP contribution in [0.1, 0.15) is 24.6 Å². The monoisotopic (exact) mass is 444 g/mol. The lowest BCUT2D eigenvalue weighted by molar-refractivity contribution is 0.461. The zero-order valence-corrected chi connectivity index (χ0v) is 17.4. The highest BCUT2D eigenvalue weighted by Gasteiger charge is 2.08. The van der Waals surface area contributed by atoms with Crippen molar-refractivity contribution in [1.82, 2.24) is 24.6 Å². The molecule has 24 heavy (non-hydrogen) atoms. The minimum Gasteiger partial charge on any atom is -0.357 e. The molecule has 0 amide bonds. The van der Waals surface area contributed by atoms with Gasteiger partial charge in [0.25, 0.3) is 0 Å². The Morgan fingerprint density at radius 2 is 2.17 bits per heavy atom. The predicted octanol–water partition coefficient (Wildman–Crippen LogP) is 2.41. The summed E-state index contributed by atoms with van der Waals surface area (Å²) < 4.78 is 3.98. The third-order valence-corrected chi connectivity index (χ3v) is 3.79. The van der Waals surface area contributed by atoms with Crippen LogP contribution in [0.5, 0.6) is 0 Å². The van der Waals surface area contributed by atoms with E-state index < -0.39 is 0 Å². The molecule has 0 atom stereocenters. The number of hydrogen-bond donors (Lipinski definition) is 1. The Hall–Kier alpha value is -1.51. The highest BCUT2D eigenvalue weighted by Crippen LogP contribution is 2.05. The standard InChI is InChI=1S/C17H28N6.HI/c1-5-18-17(22(3)14-16-9-7-11-21(16)2)19-10-6-8-15-12-20-23(4)13-15;/h7,9,11-13H,5-6,8,10,14H2,1-4H3,(H,18,19);1H. The van der Waals surface area contributed by atoms with Crippen molar-refractivity contribution in [3.05, 3.63) is 42.0 Å². The normalized spacial score (nSPS) is 11.2. The molecule has 7 heteroatoms. The fourth-order valence-electron chi connectivity index (χ4n) is 2.52. The summed E-state index contributed by atoms with van der Waals surface area (Å²) in [5, 5.41) is 7.56. The van der Waals surface area contributed by atoms with Gasteiger partial charge in [-0.3, -0.25) is 9.67 Å². The van der Waals surface area contributed by atoms with E-state index in [-0.39, 0.29) is 24.0 Å². The van der Waals surface area contributed by atoms with Crippen molar-refractivity contribution in [2.24, 2.45) is 19.1 Å². The van der Waals surface area contributed by atoms with Crippen LogP contribution >= 0.6 is 24.0 Å². The van der Waals surface area contributed by atoms with E-state index in [2.05, 4.69) is 65.4 Å². The molecule has 0 aliphatic rings. The maximum Gasteiger partial charge on any atom is 0.194 e. The van der Waals surface area contributed by atoms with E-state index in [1.165, 1.54) is 11.3 Å². The number of halogens is 1. The quantitative estimate of drug-likeness (QED) is 0.309. The van der Waals surface area contributed by atoms with Crippen molar-refractivity contribution in [3.63, 3.8) is 0 Å². The van der Waals surface area contributed by atoms with Crippen molar-refractivity contribution in [1.29, 1.82) is 0 Å². The molecule has 0 aliphatic heterocycles. The van der Waals surface area contributed by atoms with Gasteiger partial charge in [0, 0.05) is 52.3 Å². The van der Waals surface area contributed by atoms with Crippen molar-refractivity contribution < 1.29 is 0 Å². The van der Waals surface area contributed by atoms with Gasteiger partial charge in [0.05, 0.1) is 12.7 Å². The van der Waals surface area contributed by atoms with E-state index in [1.807, 2.05) is 17.9 Å². The summed E-state index contributed by atoms with van der Waals surface area (Å²) >= 11 is 0. The summed E-state index contributed by atoms with van der Waals surface area (Å²) in [5.74, 6) is 0.958. The van der Waals surface area contributed by atoms with Crippen LogP contribution in [0.25, 0.3) is 0 Å². The van der Waals surface area contributed by atoms with E-state index >= 15 is 0 Å². The molecule has 0 saturated carbocycles. The van der Waals surface area contributed by atoms with Crippen molar-refractivity contribution in [3.8, 4) is 0 Å². The predicted molar refractivity (Wildman–Crippen MR) is 110 cm³/mol. The number of nitrogens with one attached hydrogen (secondary N) is 1. The Kier molecular flexibility index (Phi) is 8.88. The molecule has 1 N–H and O–H groups in total. The topological polar surface area (TPSA) is 50.4 Å². The van der Waals surface area contributed by atoms with Crippen LogP contribution in [-0.4, -0.2) is 45.3 Å². The van der Waals surface area contributed by atoms with Gasteiger partial charge in [-0.25, -0.2) is 0 Å². The number of aryl methyl sites for hydroxylation is 3. The second-order valence-corrected chi connectivity index (χ2v) is 5.83. The third kappa shape index (κ3) is 6.18. The third-order valence-electron chi connectivity index (χ3n) is 3.79. The number of hydrogen-bond acceptors (Lipinski definition) is 2. The smallest absolute Gasteiger partial charge is 0.194 e. The Morgan fingerprint density at radius 3 is 2.75 bits per heavy atom. The van der Waals surface area contributed by atoms with E-state index in [0.717, 1.165) is 38.4 Å². The Labute approximate surface area is 162 Å². The molecule has 2 aromatic rings. The van der Waals surface area contributed by atoms with Crippen LogP contribution in [0.4, 0.5) is 0 Å². The second-order valence-electron chi connectivity index (χ2n) is 5.83. The fraction of sp³-hybridized carbons (Fsp3) is 0.529. The van der Waals surface area contributed by atoms with Gasteiger partial charge in [0.2, 0.25) is 0 Å². The maximum atomic E-state index is 4.74. The molecule has 2 rings (SSSR count). The number of aromatic nitrogens is 3. The van der Waals surface area contributed by atoms with Crippen LogP contribution in [0.3, 0.4) is 0 Å². The molecule has 2 heterocycles. The molecule has 0 radical (unpaired) electrons. The molecule has 0 spiro atoms. The van der Waals surface area contributed by atoms with E-state index in [9.17, 15) is 0 Å². The molecule has 134 valence electrons. The van der Waals surface area contributed by atoms with Gasteiger partial charge in [-0.05, 0) is 37.5 Å². The number of rotatable bonds is 7. The highest BCUT2D eigenvalue weighted by molar-refractivity contribution is 14.0. The lowest BCUT2D eigenvalue weighted by Crippen LogP contribution is -2.38. The maximum absolute atomic E-state index is 4.74. The number of guanidine groups is 1. The molecule has 2 aromatic heterocycles. The lowest BCUT2D eigenvalue weighted by Gasteiger charge is -2.22. The summed E-state index contributed by atoms with van der Waals surface area (Å²) in [6.45, 7) is 4.63. The molecular weight excluding hydrogens is 415 g/mol. The lowest BCUT2D eigenvalue weighted by atomic mass is 10.2. The summed E-state index contributed by atoms with van der Waals surface area (Å²) in [6.07, 6.45) is 8.10. The highest BCUT2D eigenvalue weighted by atomic mass is 127. The zero-order valence-electron chi connectivity index (χ0n) is 15.1. The van der Waals surface area contributed by atoms with Gasteiger partial charge in [-0.2, -0.15) is 5.10 Å². The Bertz CT molecular complexity index is 631. The molecule has 0 unspecified atom stereocenters. The van der Waals surface area contributed by atoms with Crippen molar-refractivity contribution in [2.45, 2.75) is 26.3 Å². The first-order valence-electron chi connectivity index (χ1n) is 8.17. The molecule has 0 bridgehead atoms. The minimum atomic E-state index is 0. The molecule has 0 fully saturated rings. The van der Waals surface area contributed by atoms with Crippen LogP contribution in [0.2, 0.25) is 0 Å². The van der Waals surface area contributed by atoms with Crippen molar-refractivity contribution in [2.75, 3.05) is 20.1 Å². The van der Waals surface area contributed by atoms with Gasteiger partial charge in [-0.1, -0.05) is 0 Å². The molecule has 0 aromatic carbocycles. The summed E-state index contributed by atoms with van der Waals surface area (Å²) in [6, 6.07) is 4.21. The average Bonchev–Trinajstić information content (AvgIpc) is 3.11. The van der Waals surface area contributed by atoms with Gasteiger partial charge in [-0.15, -0.1) is 24.0 Å². The van der Waals surface area contributed by atoms with Gasteiger partial charge in [0.15, 0.2) is 5.96 Å². The summed E-state index contributed by atoms with van der Waals surface area (Å²) in [7, 11) is 6.10. The van der Waals surface area contributed by atoms with Crippen LogP contribution in [-0.2, 0) is 27.1 Å². The van der Waals surface area contributed by atoms with Crippen LogP contribution < -0.4 is 5.32 Å². The van der Waals surface area contributed by atoms with E-state index in [4.69, 9.17) is 4.99 Å². The number of aliphatic imine (C=N–C) groups is 1. The van der Waals surface area contributed by atoms with Gasteiger partial charge in [0.1, 0.15) is 0 Å². The van der Waals surface area contributed by atoms with Gasteiger partial charge >= 0.3 is 0 Å². The number of nitrogens with zero attached hydrogens (tertiary/aromatic N) is 5. The first kappa shape index (κ1) is 20.5. The molecule has 0 saturated heterocycles. The second kappa shape index (κ2) is 10.4. The molecular formula is C17H29IN6. The SMILES string of the molecule is CCNC(=NCCCc1cnn(C)c1)N(C)Cc1cccn1C.I. The molecule has 0 aliphatic carbocycles. The summed E-state index contributed by atoms with van der Waals surface area (Å²) in [5.41, 5.74) is 2.54. The zero-order chi connectivity index (χ0) is 16.7. The van der Waals surface area contributed by atoms with E-state index in [0.29, 0.717) is 0 Å². The Balaban J connectivity index is 0.00000288. The van der Waals surface area contributed by atoms with E-state index in [1.54, 1.807) is 0 Å². The molecule has 6 nitrogen and oxygen atoms in total. The average molecular weight is 444 g/mol. The summed E-state index contributed by atoms with van der Waals surface area (Å²) in [4.78, 5) is 6.91. The van der Waals surface area contributed by atoms with Crippen molar-refractivity contribution >= 4 is 29.9 Å². The van der Waals surface area contributed by atoms with Crippen LogP contribution in [0.15, 0.2) is 35.7 Å². The first-order valence-corrected chi connectivity index (χ1v) is 8.17. The fourth-order valence-corrected chi connectivity index (χ4v) is 2.52. The van der Waals surface area contributed by atoms with Gasteiger partial charge < -0.3 is 14.8 Å². The first-order chi connectivity index (χ1) is 11.1. The van der Waals surface area contributed by atoms with Crippen LogP contribution in [0, 0.1) is 0 Å².